The van der Waals surface area contributed by atoms with Gasteiger partial charge in [0.2, 0.25) is 11.6 Å². The van der Waals surface area contributed by atoms with Gasteiger partial charge in [0.1, 0.15) is 29.7 Å². The number of carboxylic acids is 1. The first-order chi connectivity index (χ1) is 17.2. The Bertz CT molecular complexity index is 1400. The van der Waals surface area contributed by atoms with Crippen molar-refractivity contribution in [2.75, 3.05) is 13.2 Å². The van der Waals surface area contributed by atoms with Crippen LogP contribution in [-0.2, 0) is 11.0 Å². The van der Waals surface area contributed by atoms with E-state index >= 15 is 0 Å². The second-order valence-corrected chi connectivity index (χ2v) is 7.91. The predicted octanol–water partition coefficient (Wildman–Crippen LogP) is 3.55. The second-order valence-electron chi connectivity index (χ2n) is 7.91. The van der Waals surface area contributed by atoms with E-state index in [0.717, 1.165) is 0 Å². The van der Waals surface area contributed by atoms with E-state index in [0.29, 0.717) is 16.9 Å². The lowest BCUT2D eigenvalue weighted by atomic mass is 9.97. The number of fused-ring (bicyclic) bond motifs is 1. The summed E-state index contributed by atoms with van der Waals surface area (Å²) in [5.74, 6) is -2.04. The number of alkyl halides is 3. The molecule has 2 atom stereocenters. The average Bonchev–Trinajstić information content (AvgIpc) is 3.51. The van der Waals surface area contributed by atoms with Gasteiger partial charge in [-0.15, -0.1) is 0 Å². The zero-order valence-corrected chi connectivity index (χ0v) is 18.2. The lowest BCUT2D eigenvalue weighted by molar-refractivity contribution is -0.137. The second kappa shape index (κ2) is 9.09. The van der Waals surface area contributed by atoms with Crippen molar-refractivity contribution >= 4 is 5.97 Å². The fraction of sp³-hybridized carbons (Fsp3) is 0.217. The summed E-state index contributed by atoms with van der Waals surface area (Å²) in [5, 5.41) is 29.4. The predicted molar refractivity (Wildman–Crippen MR) is 116 cm³/mol. The molecule has 3 N–H and O–H groups in total. The van der Waals surface area contributed by atoms with Crippen molar-refractivity contribution < 1.29 is 42.0 Å². The highest BCUT2D eigenvalue weighted by Crippen LogP contribution is 2.43. The van der Waals surface area contributed by atoms with Crippen molar-refractivity contribution in [2.24, 2.45) is 0 Å². The molecule has 0 saturated heterocycles. The minimum atomic E-state index is -4.81. The van der Waals surface area contributed by atoms with E-state index in [1.54, 1.807) is 18.2 Å². The van der Waals surface area contributed by atoms with Gasteiger partial charge in [0.15, 0.2) is 0 Å². The number of ether oxygens (including phenoxy) is 1. The van der Waals surface area contributed by atoms with Crippen molar-refractivity contribution in [1.29, 1.82) is 0 Å². The maximum Gasteiger partial charge on any atom is 0.422 e. The van der Waals surface area contributed by atoms with E-state index in [9.17, 15) is 23.1 Å². The minimum absolute atomic E-state index is 0.00232. The third-order valence-corrected chi connectivity index (χ3v) is 5.55. The molecule has 0 fully saturated rings. The fourth-order valence-electron chi connectivity index (χ4n) is 3.84. The number of aliphatic hydroxyl groups is 1. The number of nitrogens with zero attached hydrogens (tertiary/aromatic N) is 3. The third-order valence-electron chi connectivity index (χ3n) is 5.55. The maximum atomic E-state index is 13.9. The average molecular weight is 502 g/mol. The summed E-state index contributed by atoms with van der Waals surface area (Å²) in [4.78, 5) is 14.8. The number of benzene rings is 2. The molecule has 1 unspecified atom stereocenters. The number of aliphatic carboxylic acids is 1. The zero-order valence-electron chi connectivity index (χ0n) is 18.2. The molecule has 0 radical (unpaired) electrons. The van der Waals surface area contributed by atoms with E-state index in [4.69, 9.17) is 18.9 Å². The van der Waals surface area contributed by atoms with Crippen molar-refractivity contribution in [3.8, 4) is 40.0 Å². The van der Waals surface area contributed by atoms with Crippen LogP contribution in [0.2, 0.25) is 0 Å². The van der Waals surface area contributed by atoms with E-state index in [1.807, 2.05) is 0 Å². The van der Waals surface area contributed by atoms with E-state index in [-0.39, 0.29) is 24.5 Å². The van der Waals surface area contributed by atoms with Crippen LogP contribution in [0.3, 0.4) is 0 Å². The molecule has 36 heavy (non-hydrogen) atoms. The topological polar surface area (TPSA) is 144 Å². The fourth-order valence-corrected chi connectivity index (χ4v) is 3.84. The Morgan fingerprint density at radius 2 is 1.86 bits per heavy atom. The molecule has 1 aliphatic rings. The minimum Gasteiger partial charge on any atom is -0.491 e. The lowest BCUT2D eigenvalue weighted by Crippen LogP contribution is -2.44. The molecule has 0 amide bonds. The number of halogens is 3. The van der Waals surface area contributed by atoms with Crippen molar-refractivity contribution in [2.45, 2.75) is 18.3 Å². The molecule has 5 rings (SSSR count). The van der Waals surface area contributed by atoms with Crippen molar-refractivity contribution in [1.82, 2.24) is 20.6 Å². The van der Waals surface area contributed by atoms with Gasteiger partial charge in [0.25, 0.3) is 5.89 Å². The van der Waals surface area contributed by atoms with Gasteiger partial charge in [-0.2, -0.15) is 18.2 Å². The highest BCUT2D eigenvalue weighted by Gasteiger charge is 2.43. The molecule has 2 aromatic heterocycles. The normalized spacial score (nSPS) is 17.4. The Labute approximate surface area is 200 Å². The molecule has 0 aliphatic carbocycles. The summed E-state index contributed by atoms with van der Waals surface area (Å²) in [5.41, 5.74) is -0.579. The molecule has 0 spiro atoms. The number of carboxylic acid groups (broad SMARTS) is 1. The van der Waals surface area contributed by atoms with Gasteiger partial charge in [0.05, 0.1) is 12.6 Å². The van der Waals surface area contributed by atoms with Crippen LogP contribution in [0.15, 0.2) is 57.6 Å². The highest BCUT2D eigenvalue weighted by molar-refractivity contribution is 5.71. The molecular weight excluding hydrogens is 485 g/mol. The van der Waals surface area contributed by atoms with Crippen LogP contribution in [0.1, 0.15) is 17.2 Å². The molecule has 0 saturated carbocycles. The van der Waals surface area contributed by atoms with Crippen molar-refractivity contribution in [3.05, 3.63) is 59.7 Å². The molecule has 10 nitrogen and oxygen atoms in total. The summed E-state index contributed by atoms with van der Waals surface area (Å²) in [6, 6.07) is 11.7. The summed E-state index contributed by atoms with van der Waals surface area (Å²) < 4.78 is 57.5. The zero-order chi connectivity index (χ0) is 25.4. The van der Waals surface area contributed by atoms with Crippen LogP contribution in [0, 0.1) is 0 Å². The van der Waals surface area contributed by atoms with Crippen molar-refractivity contribution in [3.63, 3.8) is 0 Å². The number of aromatic nitrogens is 3. The van der Waals surface area contributed by atoms with Crippen LogP contribution in [0.4, 0.5) is 13.2 Å². The molecule has 186 valence electrons. The van der Waals surface area contributed by atoms with Crippen LogP contribution < -0.4 is 10.1 Å². The standard InChI is InChI=1S/C23H17F3N4O6/c24-23(25,26)17-18(11-4-2-1-3-5-11)29-35-20(17)22-28-21(30-36-22)12-6-7-13-15(8-12)34-10-14(19(13)33)27-9-16(31)32/h1-8,14,19,27,33H,9-10H2,(H,31,32)/t14-,19?/m0/s1. The first-order valence-electron chi connectivity index (χ1n) is 10.6. The largest absolute Gasteiger partial charge is 0.491 e. The molecular formula is C23H17F3N4O6. The number of hydrogen-bond donors (Lipinski definition) is 3. The Balaban J connectivity index is 1.45. The molecule has 4 aromatic rings. The quantitative estimate of drug-likeness (QED) is 0.358. The van der Waals surface area contributed by atoms with Gasteiger partial charge in [0, 0.05) is 16.7 Å². The lowest BCUT2D eigenvalue weighted by Gasteiger charge is -2.30. The van der Waals surface area contributed by atoms with Gasteiger partial charge >= 0.3 is 12.1 Å². The molecule has 1 aliphatic heterocycles. The number of aliphatic hydroxyl groups excluding tert-OH is 1. The Morgan fingerprint density at radius 1 is 1.08 bits per heavy atom. The molecule has 0 bridgehead atoms. The number of carbonyl (C=O) groups is 1. The van der Waals surface area contributed by atoms with Crippen LogP contribution in [0.25, 0.3) is 34.3 Å². The first kappa shape index (κ1) is 23.5. The summed E-state index contributed by atoms with van der Waals surface area (Å²) in [6.45, 7) is -0.352. The van der Waals surface area contributed by atoms with Gasteiger partial charge in [-0.1, -0.05) is 52.8 Å². The monoisotopic (exact) mass is 502 g/mol. The summed E-state index contributed by atoms with van der Waals surface area (Å²) in [7, 11) is 0. The van der Waals surface area contributed by atoms with Gasteiger partial charge in [-0.25, -0.2) is 0 Å². The smallest absolute Gasteiger partial charge is 0.422 e. The summed E-state index contributed by atoms with van der Waals surface area (Å²) >= 11 is 0. The highest BCUT2D eigenvalue weighted by atomic mass is 19.4. The summed E-state index contributed by atoms with van der Waals surface area (Å²) in [6.07, 6.45) is -5.85. The first-order valence-corrected chi connectivity index (χ1v) is 10.6. The van der Waals surface area contributed by atoms with Gasteiger partial charge < -0.3 is 24.0 Å². The molecule has 2 aromatic carbocycles. The van der Waals surface area contributed by atoms with E-state index < -0.39 is 47.2 Å². The molecule has 13 heteroatoms. The van der Waals surface area contributed by atoms with Crippen LogP contribution >= 0.6 is 0 Å². The van der Waals surface area contributed by atoms with Gasteiger partial charge in [-0.3, -0.25) is 10.1 Å². The number of hydrogen-bond acceptors (Lipinski definition) is 9. The van der Waals surface area contributed by atoms with Crippen LogP contribution in [0.5, 0.6) is 5.75 Å². The van der Waals surface area contributed by atoms with Gasteiger partial charge in [-0.05, 0) is 6.07 Å². The number of nitrogens with one attached hydrogen (secondary N) is 1. The van der Waals surface area contributed by atoms with E-state index in [1.165, 1.54) is 30.3 Å². The Kier molecular flexibility index (Phi) is 5.94. The maximum absolute atomic E-state index is 13.9. The Morgan fingerprint density at radius 3 is 2.58 bits per heavy atom. The Hall–Kier alpha value is -4.23. The SMILES string of the molecule is O=C(O)CN[C@H]1COc2cc(-c3noc(-c4onc(-c5ccccc5)c4C(F)(F)F)n3)ccc2C1O. The van der Waals surface area contributed by atoms with Crippen LogP contribution in [-0.4, -0.2) is 50.7 Å². The molecule has 3 heterocycles. The van der Waals surface area contributed by atoms with E-state index in [2.05, 4.69) is 20.6 Å². The third kappa shape index (κ3) is 4.41. The number of rotatable bonds is 6.